The minimum atomic E-state index is -1.32. The van der Waals surface area contributed by atoms with E-state index < -0.39 is 11.0 Å². The first-order chi connectivity index (χ1) is 19.3. The number of halogens is 1. The molecule has 0 spiro atoms. The number of anilines is 3. The minimum Gasteiger partial charge on any atom is -0.356 e. The maximum Gasteiger partial charge on any atom is 0.256 e. The summed E-state index contributed by atoms with van der Waals surface area (Å²) in [4.78, 5) is 27.9. The molecule has 0 saturated carbocycles. The first-order valence-electron chi connectivity index (χ1n) is 14.1. The van der Waals surface area contributed by atoms with Gasteiger partial charge in [-0.15, -0.1) is 0 Å². The van der Waals surface area contributed by atoms with Crippen molar-refractivity contribution in [3.05, 3.63) is 46.6 Å². The van der Waals surface area contributed by atoms with Gasteiger partial charge in [0.15, 0.2) is 5.65 Å². The van der Waals surface area contributed by atoms with Gasteiger partial charge in [0.25, 0.3) is 5.91 Å². The van der Waals surface area contributed by atoms with Crippen LogP contribution in [0, 0.1) is 0 Å². The van der Waals surface area contributed by atoms with Crippen molar-refractivity contribution in [3.8, 4) is 0 Å². The largest absolute Gasteiger partial charge is 0.356 e. The number of benzene rings is 1. The molecule has 1 aromatic carbocycles. The maximum atomic E-state index is 14.0. The molecule has 10 nitrogen and oxygen atoms in total. The molecule has 214 valence electrons. The third kappa shape index (κ3) is 5.26. The smallest absolute Gasteiger partial charge is 0.256 e. The number of hydrogen-bond acceptors (Lipinski definition) is 7. The third-order valence-corrected chi connectivity index (χ3v) is 9.12. The molecule has 3 aliphatic rings. The fourth-order valence-corrected chi connectivity index (χ4v) is 6.66. The van der Waals surface area contributed by atoms with Gasteiger partial charge in [-0.25, -0.2) is 9.19 Å². The van der Waals surface area contributed by atoms with Gasteiger partial charge in [-0.3, -0.25) is 4.79 Å². The fraction of sp³-hybridized carbons (Fsp3) is 0.536. The Kier molecular flexibility index (Phi) is 7.62. The number of carbonyl (C=O) groups is 1. The lowest BCUT2D eigenvalue weighted by Crippen LogP contribution is -2.39. The summed E-state index contributed by atoms with van der Waals surface area (Å²) in [5, 5.41) is 5.57. The molecule has 5 heterocycles. The summed E-state index contributed by atoms with van der Waals surface area (Å²) in [6.45, 7) is 4.57. The van der Waals surface area contributed by atoms with Crippen molar-refractivity contribution >= 4 is 51.5 Å². The summed E-state index contributed by atoms with van der Waals surface area (Å²) in [6, 6.07) is 9.62. The zero-order valence-corrected chi connectivity index (χ0v) is 24.9. The monoisotopic (exact) mass is 584 g/mol. The van der Waals surface area contributed by atoms with Crippen LogP contribution in [0.15, 0.2) is 30.3 Å². The number of fused-ring (bicyclic) bond motifs is 1. The molecule has 1 amide bonds. The zero-order valence-electron chi connectivity index (χ0n) is 23.3. The predicted molar refractivity (Wildman–Crippen MR) is 161 cm³/mol. The van der Waals surface area contributed by atoms with E-state index in [0.29, 0.717) is 28.9 Å². The van der Waals surface area contributed by atoms with E-state index >= 15 is 0 Å². The summed E-state index contributed by atoms with van der Waals surface area (Å²) in [6.07, 6.45) is 6.58. The molecule has 1 N–H and O–H groups in total. The van der Waals surface area contributed by atoms with E-state index in [1.807, 2.05) is 9.42 Å². The second kappa shape index (κ2) is 11.2. The quantitative estimate of drug-likeness (QED) is 0.452. The van der Waals surface area contributed by atoms with Gasteiger partial charge in [-0.1, -0.05) is 11.6 Å². The molecular formula is C28H37ClN8O2S. The Morgan fingerprint density at radius 1 is 1.05 bits per heavy atom. The number of rotatable bonds is 7. The molecule has 2 aromatic heterocycles. The van der Waals surface area contributed by atoms with E-state index in [0.717, 1.165) is 74.8 Å². The highest BCUT2D eigenvalue weighted by Crippen LogP contribution is 2.36. The number of hydrogen-bond donors (Lipinski definition) is 1. The van der Waals surface area contributed by atoms with Crippen LogP contribution in [0.4, 0.5) is 17.3 Å². The van der Waals surface area contributed by atoms with Crippen LogP contribution in [0.2, 0.25) is 5.02 Å². The molecule has 40 heavy (non-hydrogen) atoms. The van der Waals surface area contributed by atoms with Crippen molar-refractivity contribution in [1.82, 2.24) is 24.4 Å². The molecule has 3 saturated heterocycles. The zero-order chi connectivity index (χ0) is 28.0. The molecule has 0 bridgehead atoms. The molecule has 3 unspecified atom stereocenters. The van der Waals surface area contributed by atoms with Crippen molar-refractivity contribution in [1.29, 1.82) is 0 Å². The predicted octanol–water partition coefficient (Wildman–Crippen LogP) is 3.81. The van der Waals surface area contributed by atoms with E-state index in [9.17, 15) is 9.00 Å². The summed E-state index contributed by atoms with van der Waals surface area (Å²) in [7, 11) is 2.96. The molecule has 3 aliphatic heterocycles. The van der Waals surface area contributed by atoms with Crippen LogP contribution in [-0.4, -0.2) is 93.6 Å². The minimum absolute atomic E-state index is 0.139. The van der Waals surface area contributed by atoms with E-state index in [2.05, 4.69) is 45.6 Å². The average Bonchev–Trinajstić information content (AvgIpc) is 3.56. The van der Waals surface area contributed by atoms with Gasteiger partial charge in [-0.2, -0.15) is 9.61 Å². The molecule has 6 rings (SSSR count). The van der Waals surface area contributed by atoms with Gasteiger partial charge < -0.3 is 24.3 Å². The van der Waals surface area contributed by atoms with Crippen LogP contribution in [0.25, 0.3) is 5.65 Å². The Bertz CT molecular complexity index is 1440. The Balaban J connectivity index is 1.37. The van der Waals surface area contributed by atoms with E-state index in [4.69, 9.17) is 21.7 Å². The number of nitrogens with zero attached hydrogens (tertiary/aromatic N) is 7. The Morgan fingerprint density at radius 3 is 2.58 bits per heavy atom. The Morgan fingerprint density at radius 2 is 1.88 bits per heavy atom. The third-order valence-electron chi connectivity index (χ3n) is 8.38. The molecule has 3 aromatic rings. The molecule has 3 fully saturated rings. The van der Waals surface area contributed by atoms with Crippen LogP contribution in [0.1, 0.15) is 54.2 Å². The summed E-state index contributed by atoms with van der Waals surface area (Å²) >= 11 is 6.30. The highest BCUT2D eigenvalue weighted by molar-refractivity contribution is 7.85. The first-order valence-corrected chi connectivity index (χ1v) is 16.0. The summed E-state index contributed by atoms with van der Waals surface area (Å²) < 4.78 is 16.8. The number of nitrogens with one attached hydrogen (secondary N) is 1. The second-order valence-corrected chi connectivity index (χ2v) is 12.8. The number of piperidine rings is 1. The lowest BCUT2D eigenvalue weighted by Gasteiger charge is -2.35. The van der Waals surface area contributed by atoms with Crippen LogP contribution in [-0.2, 0) is 11.0 Å². The maximum absolute atomic E-state index is 14.0. The topological polar surface area (TPSA) is 89.3 Å². The molecule has 3 atom stereocenters. The fourth-order valence-electron chi connectivity index (χ4n) is 6.00. The number of amides is 1. The highest BCUT2D eigenvalue weighted by Gasteiger charge is 2.33. The number of carbonyl (C=O) groups excluding carboxylic acids is 1. The van der Waals surface area contributed by atoms with Gasteiger partial charge in [-0.05, 0) is 64.4 Å². The average molecular weight is 585 g/mol. The van der Waals surface area contributed by atoms with Gasteiger partial charge >= 0.3 is 0 Å². The number of likely N-dealkylation sites (tertiary alicyclic amines) is 1. The lowest BCUT2D eigenvalue weighted by atomic mass is 9.98. The second-order valence-electron chi connectivity index (χ2n) is 11.3. The van der Waals surface area contributed by atoms with Gasteiger partial charge in [0.2, 0.25) is 0 Å². The standard InChI is InChI=1S/C28H37ClN8O2S/c1-33(2)20-10-14-35(18-20)27-17-25(34-11-6-12-34)30-26-16-23(31-37(26)27)24-7-4-5-13-36(24)28(38)21-15-19(29)8-9-22(21)32-40(3)39/h8-9,15-17,20,24,32H,4-7,10-14,18H2,1-3H3. The first kappa shape index (κ1) is 27.3. The van der Waals surface area contributed by atoms with Crippen molar-refractivity contribution in [2.75, 3.05) is 67.6 Å². The van der Waals surface area contributed by atoms with Gasteiger partial charge in [0.05, 0.1) is 23.0 Å². The van der Waals surface area contributed by atoms with Crippen molar-refractivity contribution in [3.63, 3.8) is 0 Å². The molecule has 0 radical (unpaired) electrons. The van der Waals surface area contributed by atoms with Crippen LogP contribution >= 0.6 is 11.6 Å². The SMILES string of the molecule is CN(C)C1CCN(c2cc(N3CCC3)nc3cc(C4CCCCN4C(=O)c4cc(Cl)ccc4NS(C)=O)nn23)C1. The van der Waals surface area contributed by atoms with Crippen molar-refractivity contribution < 1.29 is 9.00 Å². The summed E-state index contributed by atoms with van der Waals surface area (Å²) in [5.41, 5.74) is 2.60. The van der Waals surface area contributed by atoms with E-state index in [1.165, 1.54) is 6.42 Å². The van der Waals surface area contributed by atoms with E-state index in [-0.39, 0.29) is 11.9 Å². The van der Waals surface area contributed by atoms with Gasteiger partial charge in [0, 0.05) is 62.2 Å². The van der Waals surface area contributed by atoms with Crippen molar-refractivity contribution in [2.24, 2.45) is 0 Å². The highest BCUT2D eigenvalue weighted by atomic mass is 35.5. The van der Waals surface area contributed by atoms with Crippen LogP contribution in [0.5, 0.6) is 0 Å². The Hall–Kier alpha value is -2.89. The van der Waals surface area contributed by atoms with Crippen LogP contribution < -0.4 is 14.5 Å². The molecule has 0 aliphatic carbocycles. The normalized spacial score (nSPS) is 22.2. The summed E-state index contributed by atoms with van der Waals surface area (Å²) in [5.74, 6) is 1.91. The number of likely N-dealkylation sites (N-methyl/N-ethyl adjacent to an activating group) is 1. The molecule has 12 heteroatoms. The van der Waals surface area contributed by atoms with Crippen molar-refractivity contribution in [2.45, 2.75) is 44.2 Å². The van der Waals surface area contributed by atoms with Gasteiger partial charge in [0.1, 0.15) is 22.6 Å². The Labute approximate surface area is 242 Å². The number of aromatic nitrogens is 3. The van der Waals surface area contributed by atoms with E-state index in [1.54, 1.807) is 24.5 Å². The lowest BCUT2D eigenvalue weighted by molar-refractivity contribution is 0.0607. The molecular weight excluding hydrogens is 548 g/mol. The van der Waals surface area contributed by atoms with Crippen LogP contribution in [0.3, 0.4) is 0 Å².